The van der Waals surface area contributed by atoms with Gasteiger partial charge in [0.15, 0.2) is 0 Å². The molecule has 0 unspecified atom stereocenters. The van der Waals surface area contributed by atoms with Crippen molar-refractivity contribution in [3.63, 3.8) is 0 Å². The number of nitrogens with zero attached hydrogens (tertiary/aromatic N) is 3. The molecular weight excluding hydrogens is 374 g/mol. The lowest BCUT2D eigenvalue weighted by atomic mass is 10.2. The fraction of sp³-hybridized carbons (Fsp3) is 0.312. The number of sulfonamides is 1. The topological polar surface area (TPSA) is 130 Å². The van der Waals surface area contributed by atoms with Crippen molar-refractivity contribution in [1.82, 2.24) is 24.1 Å². The van der Waals surface area contributed by atoms with Crippen LogP contribution in [0.15, 0.2) is 45.1 Å². The number of ether oxygens (including phenoxy) is 1. The number of benzene rings is 1. The van der Waals surface area contributed by atoms with E-state index in [9.17, 15) is 18.0 Å². The average molecular weight is 391 g/mol. The van der Waals surface area contributed by atoms with Gasteiger partial charge in [0.05, 0.1) is 34.7 Å². The fourth-order valence-electron chi connectivity index (χ4n) is 3.11. The minimum atomic E-state index is -3.83. The highest BCUT2D eigenvalue weighted by Crippen LogP contribution is 2.26. The Kier molecular flexibility index (Phi) is 4.21. The molecule has 2 aromatic heterocycles. The van der Waals surface area contributed by atoms with Crippen LogP contribution >= 0.6 is 0 Å². The summed E-state index contributed by atoms with van der Waals surface area (Å²) in [5, 5.41) is 4.19. The maximum Gasteiger partial charge on any atom is 0.326 e. The second-order valence-electron chi connectivity index (χ2n) is 6.29. The van der Waals surface area contributed by atoms with Crippen LogP contribution in [0.5, 0.6) is 0 Å². The molecule has 1 saturated heterocycles. The second kappa shape index (κ2) is 6.44. The lowest BCUT2D eigenvalue weighted by Crippen LogP contribution is -2.42. The van der Waals surface area contributed by atoms with Gasteiger partial charge in [-0.2, -0.15) is 9.40 Å². The van der Waals surface area contributed by atoms with Crippen molar-refractivity contribution in [3.8, 4) is 0 Å². The molecule has 142 valence electrons. The van der Waals surface area contributed by atoms with Gasteiger partial charge < -0.3 is 9.72 Å². The Hall–Kier alpha value is -2.76. The summed E-state index contributed by atoms with van der Waals surface area (Å²) >= 11 is 0. The molecule has 0 bridgehead atoms. The van der Waals surface area contributed by atoms with Crippen LogP contribution in [0.1, 0.15) is 11.7 Å². The molecule has 1 aliphatic rings. The van der Waals surface area contributed by atoms with Crippen molar-refractivity contribution in [3.05, 3.63) is 57.0 Å². The van der Waals surface area contributed by atoms with Crippen molar-refractivity contribution >= 4 is 20.9 Å². The van der Waals surface area contributed by atoms with Crippen molar-refractivity contribution in [2.45, 2.75) is 11.0 Å². The van der Waals surface area contributed by atoms with Gasteiger partial charge in [0.2, 0.25) is 10.0 Å². The Labute approximate surface area is 153 Å². The highest BCUT2D eigenvalue weighted by molar-refractivity contribution is 7.89. The van der Waals surface area contributed by atoms with Gasteiger partial charge in [-0.25, -0.2) is 13.2 Å². The predicted molar refractivity (Wildman–Crippen MR) is 95.8 cm³/mol. The Balaban J connectivity index is 1.69. The quantitative estimate of drug-likeness (QED) is 0.631. The number of fused-ring (bicyclic) bond motifs is 1. The zero-order valence-corrected chi connectivity index (χ0v) is 15.2. The maximum atomic E-state index is 13.1. The normalized spacial score (nSPS) is 18.8. The van der Waals surface area contributed by atoms with E-state index in [0.29, 0.717) is 0 Å². The summed E-state index contributed by atoms with van der Waals surface area (Å²) in [6.45, 7) is 0.605. The minimum absolute atomic E-state index is 0.0145. The first-order valence-corrected chi connectivity index (χ1v) is 9.65. The van der Waals surface area contributed by atoms with Gasteiger partial charge in [-0.15, -0.1) is 0 Å². The largest absolute Gasteiger partial charge is 0.371 e. The van der Waals surface area contributed by atoms with Gasteiger partial charge in [-0.05, 0) is 18.2 Å². The number of rotatable bonds is 3. The molecule has 27 heavy (non-hydrogen) atoms. The molecule has 1 fully saturated rings. The Morgan fingerprint density at radius 1 is 1.26 bits per heavy atom. The van der Waals surface area contributed by atoms with Gasteiger partial charge in [-0.3, -0.25) is 14.5 Å². The second-order valence-corrected chi connectivity index (χ2v) is 8.22. The monoisotopic (exact) mass is 391 g/mol. The zero-order chi connectivity index (χ0) is 19.2. The van der Waals surface area contributed by atoms with E-state index in [1.807, 2.05) is 0 Å². The zero-order valence-electron chi connectivity index (χ0n) is 14.4. The summed E-state index contributed by atoms with van der Waals surface area (Å²) < 4.78 is 34.8. The predicted octanol–water partition coefficient (Wildman–Crippen LogP) is -0.288. The summed E-state index contributed by atoms with van der Waals surface area (Å²) in [6.07, 6.45) is 3.02. The van der Waals surface area contributed by atoms with Crippen molar-refractivity contribution in [2.75, 3.05) is 19.7 Å². The van der Waals surface area contributed by atoms with Gasteiger partial charge in [0.1, 0.15) is 0 Å². The van der Waals surface area contributed by atoms with Crippen molar-refractivity contribution in [2.24, 2.45) is 7.05 Å². The molecule has 3 aromatic rings. The number of aromatic amines is 2. The molecule has 2 N–H and O–H groups in total. The number of aryl methyl sites for hydroxylation is 1. The molecule has 11 heteroatoms. The van der Waals surface area contributed by atoms with E-state index >= 15 is 0 Å². The molecule has 1 aliphatic heterocycles. The van der Waals surface area contributed by atoms with Gasteiger partial charge in [0.25, 0.3) is 5.56 Å². The summed E-state index contributed by atoms with van der Waals surface area (Å²) in [7, 11) is -2.06. The third kappa shape index (κ3) is 3.20. The number of H-pyrrole nitrogens is 2. The molecule has 1 aromatic carbocycles. The molecular formula is C16H17N5O5S. The number of hydrogen-bond donors (Lipinski definition) is 2. The molecule has 0 amide bonds. The van der Waals surface area contributed by atoms with E-state index in [1.165, 1.54) is 22.5 Å². The van der Waals surface area contributed by atoms with Crippen LogP contribution in [-0.4, -0.2) is 52.2 Å². The van der Waals surface area contributed by atoms with Crippen LogP contribution < -0.4 is 11.2 Å². The Morgan fingerprint density at radius 2 is 2.07 bits per heavy atom. The molecule has 10 nitrogen and oxygen atoms in total. The van der Waals surface area contributed by atoms with Gasteiger partial charge in [-0.1, -0.05) is 0 Å². The summed E-state index contributed by atoms with van der Waals surface area (Å²) in [5.74, 6) is 0. The molecule has 0 aliphatic carbocycles. The Morgan fingerprint density at radius 3 is 2.81 bits per heavy atom. The smallest absolute Gasteiger partial charge is 0.326 e. The maximum absolute atomic E-state index is 13.1. The molecule has 0 spiro atoms. The van der Waals surface area contributed by atoms with E-state index in [2.05, 4.69) is 15.1 Å². The van der Waals surface area contributed by atoms with E-state index in [-0.39, 0.29) is 35.5 Å². The molecule has 1 atom stereocenters. The van der Waals surface area contributed by atoms with E-state index in [4.69, 9.17) is 4.74 Å². The van der Waals surface area contributed by atoms with Gasteiger partial charge in [0, 0.05) is 31.9 Å². The van der Waals surface area contributed by atoms with E-state index in [1.54, 1.807) is 24.1 Å². The van der Waals surface area contributed by atoms with Crippen LogP contribution in [0.2, 0.25) is 0 Å². The summed E-state index contributed by atoms with van der Waals surface area (Å²) in [5.41, 5.74) is -0.209. The van der Waals surface area contributed by atoms with Crippen LogP contribution in [-0.2, 0) is 21.8 Å². The first-order valence-electron chi connectivity index (χ1n) is 8.21. The molecule has 0 radical (unpaired) electrons. The van der Waals surface area contributed by atoms with Crippen LogP contribution in [0, 0.1) is 0 Å². The first kappa shape index (κ1) is 17.6. The summed E-state index contributed by atoms with van der Waals surface area (Å²) in [4.78, 5) is 27.9. The lowest BCUT2D eigenvalue weighted by molar-refractivity contribution is -0.00259. The standard InChI is InChI=1S/C16H17N5O5S/c1-20-8-10(7-17-20)14-9-21(4-5-26-14)27(24,25)11-2-3-13-12(6-11)15(22)19-16(23)18-13/h2-3,6-8,14H,4-5,9H2,1H3,(H2,18,19,22,23)/t14-/m0/s1. The van der Waals surface area contributed by atoms with E-state index in [0.717, 1.165) is 5.56 Å². The lowest BCUT2D eigenvalue weighted by Gasteiger charge is -2.31. The van der Waals surface area contributed by atoms with Crippen molar-refractivity contribution < 1.29 is 13.2 Å². The van der Waals surface area contributed by atoms with Crippen molar-refractivity contribution in [1.29, 1.82) is 0 Å². The third-order valence-electron chi connectivity index (χ3n) is 4.47. The van der Waals surface area contributed by atoms with Crippen LogP contribution in [0.4, 0.5) is 0 Å². The van der Waals surface area contributed by atoms with Crippen LogP contribution in [0.25, 0.3) is 10.9 Å². The molecule has 0 saturated carbocycles. The number of morpholine rings is 1. The number of nitrogens with one attached hydrogen (secondary N) is 2. The highest BCUT2D eigenvalue weighted by Gasteiger charge is 2.32. The van der Waals surface area contributed by atoms with E-state index < -0.39 is 27.4 Å². The van der Waals surface area contributed by atoms with Gasteiger partial charge >= 0.3 is 5.69 Å². The molecule has 3 heterocycles. The number of hydrogen-bond acceptors (Lipinski definition) is 6. The van der Waals surface area contributed by atoms with Crippen LogP contribution in [0.3, 0.4) is 0 Å². The third-order valence-corrected chi connectivity index (χ3v) is 6.34. The Bertz CT molecular complexity index is 1230. The molecule has 4 rings (SSSR count). The average Bonchev–Trinajstić information content (AvgIpc) is 3.08. The SMILES string of the molecule is Cn1cc([C@@H]2CN(S(=O)(=O)c3ccc4[nH]c(=O)[nH]c(=O)c4c3)CCO2)cn1. The minimum Gasteiger partial charge on any atom is -0.371 e. The fourth-order valence-corrected chi connectivity index (χ4v) is 4.56. The first-order chi connectivity index (χ1) is 12.8. The number of aromatic nitrogens is 4. The highest BCUT2D eigenvalue weighted by atomic mass is 32.2. The summed E-state index contributed by atoms with van der Waals surface area (Å²) in [6, 6.07) is 4.06.